The fourth-order valence-electron chi connectivity index (χ4n) is 3.89. The van der Waals surface area contributed by atoms with E-state index in [0.29, 0.717) is 6.04 Å². The summed E-state index contributed by atoms with van der Waals surface area (Å²) in [4.78, 5) is 14.9. The number of hydrogen-bond donors (Lipinski definition) is 1. The highest BCUT2D eigenvalue weighted by molar-refractivity contribution is 5.57. The van der Waals surface area contributed by atoms with Crippen LogP contribution in [0.3, 0.4) is 0 Å². The second kappa shape index (κ2) is 6.81. The van der Waals surface area contributed by atoms with Crippen LogP contribution in [0.1, 0.15) is 44.0 Å². The molecule has 0 unspecified atom stereocenters. The van der Waals surface area contributed by atoms with Crippen LogP contribution in [0, 0.1) is 0 Å². The van der Waals surface area contributed by atoms with E-state index in [-0.39, 0.29) is 6.04 Å². The van der Waals surface area contributed by atoms with Crippen molar-refractivity contribution in [1.29, 1.82) is 0 Å². The number of H-pyrrole nitrogens is 1. The zero-order valence-electron chi connectivity index (χ0n) is 13.4. The van der Waals surface area contributed by atoms with Crippen molar-refractivity contribution in [2.75, 3.05) is 19.8 Å². The lowest BCUT2D eigenvalue weighted by Gasteiger charge is -2.41. The molecule has 5 heteroatoms. The van der Waals surface area contributed by atoms with Crippen LogP contribution in [0.4, 0.5) is 0 Å². The molecule has 2 fully saturated rings. The molecule has 0 aromatic carbocycles. The number of nitrogens with zero attached hydrogens (tertiary/aromatic N) is 3. The summed E-state index contributed by atoms with van der Waals surface area (Å²) in [6.45, 7) is 2.59. The lowest BCUT2D eigenvalue weighted by Crippen LogP contribution is -2.46. The van der Waals surface area contributed by atoms with E-state index in [0.717, 1.165) is 36.8 Å². The number of pyridine rings is 1. The summed E-state index contributed by atoms with van der Waals surface area (Å²) in [5.74, 6) is 1.03. The Hall–Kier alpha value is -1.72. The molecule has 1 N–H and O–H groups in total. The molecule has 0 bridgehead atoms. The second-order valence-electron chi connectivity index (χ2n) is 6.54. The number of morpholine rings is 1. The molecule has 2 aliphatic rings. The van der Waals surface area contributed by atoms with Gasteiger partial charge in [0.05, 0.1) is 31.1 Å². The molecule has 1 saturated carbocycles. The lowest BCUT2D eigenvalue weighted by atomic mass is 9.93. The predicted octanol–water partition coefficient (Wildman–Crippen LogP) is 3.18. The Kier molecular flexibility index (Phi) is 4.39. The number of rotatable bonds is 3. The van der Waals surface area contributed by atoms with E-state index in [9.17, 15) is 0 Å². The van der Waals surface area contributed by atoms with E-state index < -0.39 is 0 Å². The Bertz CT molecular complexity index is 621. The predicted molar refractivity (Wildman–Crippen MR) is 89.0 cm³/mol. The Morgan fingerprint density at radius 2 is 1.96 bits per heavy atom. The van der Waals surface area contributed by atoms with Crippen LogP contribution in [-0.2, 0) is 4.74 Å². The van der Waals surface area contributed by atoms with Gasteiger partial charge in [0.1, 0.15) is 5.82 Å². The van der Waals surface area contributed by atoms with Gasteiger partial charge in [-0.15, -0.1) is 0 Å². The van der Waals surface area contributed by atoms with E-state index >= 15 is 0 Å². The SMILES string of the molecule is c1cc(-c2cnc([C@@H]3COCCN3C3CCCCC3)[nH]2)ccn1. The maximum atomic E-state index is 5.76. The van der Waals surface area contributed by atoms with Gasteiger partial charge in [0.15, 0.2) is 0 Å². The Balaban J connectivity index is 1.56. The number of hydrogen-bond acceptors (Lipinski definition) is 4. The largest absolute Gasteiger partial charge is 0.378 e. The third-order valence-corrected chi connectivity index (χ3v) is 5.12. The Morgan fingerprint density at radius 3 is 2.78 bits per heavy atom. The molecule has 1 aliphatic heterocycles. The fourth-order valence-corrected chi connectivity index (χ4v) is 3.89. The van der Waals surface area contributed by atoms with Gasteiger partial charge < -0.3 is 9.72 Å². The molecule has 0 radical (unpaired) electrons. The molecule has 122 valence electrons. The number of aromatic nitrogens is 3. The summed E-state index contributed by atoms with van der Waals surface area (Å²) >= 11 is 0. The minimum atomic E-state index is 0.252. The van der Waals surface area contributed by atoms with Crippen LogP contribution in [-0.4, -0.2) is 45.7 Å². The number of ether oxygens (including phenoxy) is 1. The average molecular weight is 312 g/mol. The first kappa shape index (κ1) is 14.8. The van der Waals surface area contributed by atoms with Gasteiger partial charge in [-0.1, -0.05) is 19.3 Å². The first-order chi connectivity index (χ1) is 11.4. The molecule has 1 saturated heterocycles. The highest BCUT2D eigenvalue weighted by atomic mass is 16.5. The second-order valence-corrected chi connectivity index (χ2v) is 6.54. The van der Waals surface area contributed by atoms with E-state index in [2.05, 4.69) is 19.9 Å². The van der Waals surface area contributed by atoms with E-state index in [1.54, 1.807) is 0 Å². The molecule has 1 aliphatic carbocycles. The third kappa shape index (κ3) is 3.16. The fraction of sp³-hybridized carbons (Fsp3) is 0.556. The quantitative estimate of drug-likeness (QED) is 0.946. The summed E-state index contributed by atoms with van der Waals surface area (Å²) in [6, 6.07) is 4.95. The molecule has 1 atom stereocenters. The van der Waals surface area contributed by atoms with Crippen molar-refractivity contribution in [2.24, 2.45) is 0 Å². The van der Waals surface area contributed by atoms with Crippen molar-refractivity contribution in [1.82, 2.24) is 19.9 Å². The number of aromatic amines is 1. The molecule has 4 rings (SSSR count). The van der Waals surface area contributed by atoms with Gasteiger partial charge in [-0.2, -0.15) is 0 Å². The standard InChI is InChI=1S/C18H24N4O/c1-2-4-15(5-3-1)22-10-11-23-13-17(22)18-20-12-16(21-18)14-6-8-19-9-7-14/h6-9,12,15,17H,1-5,10-11,13H2,(H,20,21)/t17-/m0/s1. The molecule has 3 heterocycles. The van der Waals surface area contributed by atoms with Gasteiger partial charge in [0.25, 0.3) is 0 Å². The van der Waals surface area contributed by atoms with Gasteiger partial charge in [0, 0.05) is 30.5 Å². The molecule has 5 nitrogen and oxygen atoms in total. The van der Waals surface area contributed by atoms with Crippen molar-refractivity contribution in [3.63, 3.8) is 0 Å². The summed E-state index contributed by atoms with van der Waals surface area (Å²) < 4.78 is 5.76. The summed E-state index contributed by atoms with van der Waals surface area (Å²) in [7, 11) is 0. The highest BCUT2D eigenvalue weighted by Gasteiger charge is 2.32. The molecule has 23 heavy (non-hydrogen) atoms. The maximum absolute atomic E-state index is 5.76. The topological polar surface area (TPSA) is 54.0 Å². The van der Waals surface area contributed by atoms with Crippen LogP contribution in [0.5, 0.6) is 0 Å². The van der Waals surface area contributed by atoms with Crippen molar-refractivity contribution in [3.05, 3.63) is 36.5 Å². The summed E-state index contributed by atoms with van der Waals surface area (Å²) in [6.07, 6.45) is 12.3. The lowest BCUT2D eigenvalue weighted by molar-refractivity contribution is -0.0400. The van der Waals surface area contributed by atoms with E-state index in [1.807, 2.05) is 30.7 Å². The van der Waals surface area contributed by atoms with E-state index in [1.165, 1.54) is 32.1 Å². The normalized spacial score (nSPS) is 23.9. The van der Waals surface area contributed by atoms with Gasteiger partial charge in [-0.25, -0.2) is 4.98 Å². The van der Waals surface area contributed by atoms with Gasteiger partial charge in [0.2, 0.25) is 0 Å². The van der Waals surface area contributed by atoms with Crippen molar-refractivity contribution in [3.8, 4) is 11.3 Å². The zero-order chi connectivity index (χ0) is 15.5. The maximum Gasteiger partial charge on any atom is 0.126 e. The molecular weight excluding hydrogens is 288 g/mol. The van der Waals surface area contributed by atoms with Gasteiger partial charge in [-0.3, -0.25) is 9.88 Å². The highest BCUT2D eigenvalue weighted by Crippen LogP contribution is 2.32. The molecule has 2 aromatic rings. The Morgan fingerprint density at radius 1 is 1.13 bits per heavy atom. The number of imidazole rings is 1. The molecule has 0 amide bonds. The van der Waals surface area contributed by atoms with Crippen molar-refractivity contribution >= 4 is 0 Å². The first-order valence-electron chi connectivity index (χ1n) is 8.70. The minimum absolute atomic E-state index is 0.252. The van der Waals surface area contributed by atoms with Crippen LogP contribution in [0.25, 0.3) is 11.3 Å². The first-order valence-corrected chi connectivity index (χ1v) is 8.70. The zero-order valence-corrected chi connectivity index (χ0v) is 13.4. The Labute approximate surface area is 137 Å². The van der Waals surface area contributed by atoms with Crippen LogP contribution < -0.4 is 0 Å². The van der Waals surface area contributed by atoms with Gasteiger partial charge in [-0.05, 0) is 25.0 Å². The third-order valence-electron chi connectivity index (χ3n) is 5.12. The summed E-state index contributed by atoms with van der Waals surface area (Å²) in [5.41, 5.74) is 2.18. The molecular formula is C18H24N4O. The molecule has 2 aromatic heterocycles. The van der Waals surface area contributed by atoms with Crippen LogP contribution >= 0.6 is 0 Å². The summed E-state index contributed by atoms with van der Waals surface area (Å²) in [5, 5.41) is 0. The monoisotopic (exact) mass is 312 g/mol. The van der Waals surface area contributed by atoms with Crippen LogP contribution in [0.2, 0.25) is 0 Å². The number of nitrogens with one attached hydrogen (secondary N) is 1. The van der Waals surface area contributed by atoms with Crippen molar-refractivity contribution in [2.45, 2.75) is 44.2 Å². The smallest absolute Gasteiger partial charge is 0.126 e. The van der Waals surface area contributed by atoms with Gasteiger partial charge >= 0.3 is 0 Å². The van der Waals surface area contributed by atoms with E-state index in [4.69, 9.17) is 4.74 Å². The van der Waals surface area contributed by atoms with Crippen molar-refractivity contribution < 1.29 is 4.74 Å². The minimum Gasteiger partial charge on any atom is -0.378 e. The average Bonchev–Trinajstić information content (AvgIpc) is 3.13. The molecule has 0 spiro atoms. The van der Waals surface area contributed by atoms with Crippen LogP contribution in [0.15, 0.2) is 30.7 Å².